The van der Waals surface area contributed by atoms with Gasteiger partial charge in [-0.2, -0.15) is 0 Å². The molecule has 2 heteroatoms. The van der Waals surface area contributed by atoms with Crippen LogP contribution in [0.15, 0.2) is 36.7 Å². The summed E-state index contributed by atoms with van der Waals surface area (Å²) in [5.74, 6) is 0.768. The Morgan fingerprint density at radius 3 is 2.94 bits per heavy atom. The Labute approximate surface area is 107 Å². The molecular weight excluding hydrogens is 222 g/mol. The van der Waals surface area contributed by atoms with E-state index in [1.807, 2.05) is 18.5 Å². The normalized spacial score (nSPS) is 20.9. The van der Waals surface area contributed by atoms with Crippen LogP contribution in [0.3, 0.4) is 0 Å². The van der Waals surface area contributed by atoms with Gasteiger partial charge in [0.1, 0.15) is 5.78 Å². The maximum atomic E-state index is 11.8. The summed E-state index contributed by atoms with van der Waals surface area (Å²) < 4.78 is 0. The number of rotatable bonds is 1. The van der Waals surface area contributed by atoms with Gasteiger partial charge in [-0.15, -0.1) is 0 Å². The largest absolute Gasteiger partial charge is 0.300 e. The Morgan fingerprint density at radius 2 is 2.00 bits per heavy atom. The molecule has 1 heterocycles. The summed E-state index contributed by atoms with van der Waals surface area (Å²) >= 11 is 0. The van der Waals surface area contributed by atoms with E-state index in [4.69, 9.17) is 0 Å². The minimum atomic E-state index is 0.360. The molecule has 0 N–H and O–H groups in total. The van der Waals surface area contributed by atoms with Gasteiger partial charge in [0.25, 0.3) is 0 Å². The highest BCUT2D eigenvalue weighted by Crippen LogP contribution is 2.33. The lowest BCUT2D eigenvalue weighted by Gasteiger charge is -2.15. The van der Waals surface area contributed by atoms with Crippen molar-refractivity contribution >= 4 is 16.6 Å². The molecule has 0 aliphatic heterocycles. The predicted molar refractivity (Wildman–Crippen MR) is 72.6 cm³/mol. The third-order valence-electron chi connectivity index (χ3n) is 3.87. The van der Waals surface area contributed by atoms with Crippen LogP contribution in [0.1, 0.15) is 43.6 Å². The second-order valence-electron chi connectivity index (χ2n) is 5.14. The molecule has 1 fully saturated rings. The molecule has 0 radical (unpaired) electrons. The number of carbonyl (C=O) groups is 1. The van der Waals surface area contributed by atoms with Gasteiger partial charge in [-0.25, -0.2) is 0 Å². The molecule has 1 unspecified atom stereocenters. The summed E-state index contributed by atoms with van der Waals surface area (Å²) in [6, 6.07) is 8.32. The summed E-state index contributed by atoms with van der Waals surface area (Å²) in [5.41, 5.74) is 1.25. The first-order valence-corrected chi connectivity index (χ1v) is 6.69. The van der Waals surface area contributed by atoms with Gasteiger partial charge in [0.05, 0.1) is 0 Å². The lowest BCUT2D eigenvalue weighted by atomic mass is 9.89. The van der Waals surface area contributed by atoms with E-state index in [1.165, 1.54) is 16.3 Å². The van der Waals surface area contributed by atoms with Crippen molar-refractivity contribution in [1.82, 2.24) is 4.98 Å². The Kier molecular flexibility index (Phi) is 3.09. The van der Waals surface area contributed by atoms with Crippen LogP contribution in [0.2, 0.25) is 0 Å². The van der Waals surface area contributed by atoms with Crippen molar-refractivity contribution in [3.8, 4) is 0 Å². The average molecular weight is 239 g/mol. The number of fused-ring (bicyclic) bond motifs is 1. The van der Waals surface area contributed by atoms with Crippen LogP contribution >= 0.6 is 0 Å². The van der Waals surface area contributed by atoms with Gasteiger partial charge in [-0.05, 0) is 29.7 Å². The molecule has 1 saturated carbocycles. The first-order chi connectivity index (χ1) is 8.84. The minimum Gasteiger partial charge on any atom is -0.300 e. The molecule has 0 bridgehead atoms. The van der Waals surface area contributed by atoms with Crippen LogP contribution in [0, 0.1) is 0 Å². The highest BCUT2D eigenvalue weighted by molar-refractivity contribution is 5.86. The maximum absolute atomic E-state index is 11.8. The van der Waals surface area contributed by atoms with E-state index in [2.05, 4.69) is 23.2 Å². The quantitative estimate of drug-likeness (QED) is 0.707. The van der Waals surface area contributed by atoms with Gasteiger partial charge in [0, 0.05) is 30.6 Å². The number of nitrogens with zero attached hydrogens (tertiary/aromatic N) is 1. The fraction of sp³-hybridized carbons (Fsp3) is 0.375. The van der Waals surface area contributed by atoms with E-state index in [-0.39, 0.29) is 0 Å². The Balaban J connectivity index is 2.05. The zero-order valence-corrected chi connectivity index (χ0v) is 10.4. The zero-order chi connectivity index (χ0) is 12.4. The van der Waals surface area contributed by atoms with Crippen molar-refractivity contribution in [2.45, 2.75) is 38.0 Å². The topological polar surface area (TPSA) is 30.0 Å². The van der Waals surface area contributed by atoms with E-state index < -0.39 is 0 Å². The standard InChI is InChI=1S/C16H17NO/c18-14-7-3-1-5-12(9-14)16-11-17-10-13-6-2-4-8-15(13)16/h2,4,6,8,10-12H,1,3,5,7,9H2. The number of Topliss-reactive ketones (excluding diaryl/α,β-unsaturated/α-hetero) is 1. The van der Waals surface area contributed by atoms with Crippen LogP contribution in [0.4, 0.5) is 0 Å². The number of ketones is 1. The summed E-state index contributed by atoms with van der Waals surface area (Å²) in [6.45, 7) is 0. The van der Waals surface area contributed by atoms with E-state index in [9.17, 15) is 4.79 Å². The lowest BCUT2D eigenvalue weighted by molar-refractivity contribution is -0.119. The number of aromatic nitrogens is 1. The fourth-order valence-corrected chi connectivity index (χ4v) is 2.92. The molecule has 92 valence electrons. The average Bonchev–Trinajstić information content (AvgIpc) is 2.63. The molecule has 2 nitrogen and oxygen atoms in total. The molecule has 0 amide bonds. The Hall–Kier alpha value is -1.70. The van der Waals surface area contributed by atoms with Gasteiger partial charge in [-0.1, -0.05) is 30.7 Å². The lowest BCUT2D eigenvalue weighted by Crippen LogP contribution is -2.04. The van der Waals surface area contributed by atoms with E-state index in [0.717, 1.165) is 25.7 Å². The van der Waals surface area contributed by atoms with Crippen LogP contribution in [-0.4, -0.2) is 10.8 Å². The fourth-order valence-electron chi connectivity index (χ4n) is 2.92. The van der Waals surface area contributed by atoms with E-state index >= 15 is 0 Å². The molecule has 0 saturated heterocycles. The minimum absolute atomic E-state index is 0.360. The van der Waals surface area contributed by atoms with Crippen LogP contribution in [-0.2, 0) is 4.79 Å². The van der Waals surface area contributed by atoms with E-state index in [1.54, 1.807) is 0 Å². The number of carbonyl (C=O) groups excluding carboxylic acids is 1. The maximum Gasteiger partial charge on any atom is 0.133 e. The predicted octanol–water partition coefficient (Wildman–Crippen LogP) is 3.85. The summed E-state index contributed by atoms with van der Waals surface area (Å²) in [7, 11) is 0. The second-order valence-corrected chi connectivity index (χ2v) is 5.14. The number of hydrogen-bond donors (Lipinski definition) is 0. The highest BCUT2D eigenvalue weighted by atomic mass is 16.1. The summed E-state index contributed by atoms with van der Waals surface area (Å²) in [4.78, 5) is 16.1. The second kappa shape index (κ2) is 4.89. The molecule has 2 aromatic rings. The first-order valence-electron chi connectivity index (χ1n) is 6.69. The number of benzene rings is 1. The third-order valence-corrected chi connectivity index (χ3v) is 3.87. The monoisotopic (exact) mass is 239 g/mol. The number of hydrogen-bond acceptors (Lipinski definition) is 2. The van der Waals surface area contributed by atoms with Crippen LogP contribution in [0.5, 0.6) is 0 Å². The van der Waals surface area contributed by atoms with Crippen molar-refractivity contribution in [2.24, 2.45) is 0 Å². The van der Waals surface area contributed by atoms with Gasteiger partial charge in [-0.3, -0.25) is 9.78 Å². The smallest absolute Gasteiger partial charge is 0.133 e. The van der Waals surface area contributed by atoms with Gasteiger partial charge in [0.15, 0.2) is 0 Å². The van der Waals surface area contributed by atoms with Crippen molar-refractivity contribution in [3.05, 3.63) is 42.2 Å². The number of pyridine rings is 1. The molecule has 0 spiro atoms. The molecule has 3 rings (SSSR count). The Morgan fingerprint density at radius 1 is 1.11 bits per heavy atom. The molecule has 18 heavy (non-hydrogen) atoms. The SMILES string of the molecule is O=C1CCCCC(c2cncc3ccccc23)C1. The van der Waals surface area contributed by atoms with Gasteiger partial charge in [0.2, 0.25) is 0 Å². The van der Waals surface area contributed by atoms with Crippen molar-refractivity contribution < 1.29 is 4.79 Å². The van der Waals surface area contributed by atoms with Gasteiger partial charge >= 0.3 is 0 Å². The molecule has 1 aliphatic carbocycles. The molecule has 1 aromatic carbocycles. The summed E-state index contributed by atoms with van der Waals surface area (Å²) in [6.07, 6.45) is 8.61. The van der Waals surface area contributed by atoms with Crippen LogP contribution in [0.25, 0.3) is 10.8 Å². The van der Waals surface area contributed by atoms with Crippen molar-refractivity contribution in [1.29, 1.82) is 0 Å². The first kappa shape index (κ1) is 11.4. The molecule has 1 aromatic heterocycles. The van der Waals surface area contributed by atoms with Crippen LogP contribution < -0.4 is 0 Å². The van der Waals surface area contributed by atoms with Crippen molar-refractivity contribution in [2.75, 3.05) is 0 Å². The third kappa shape index (κ3) is 2.15. The summed E-state index contributed by atoms with van der Waals surface area (Å²) in [5, 5.41) is 2.43. The van der Waals surface area contributed by atoms with Gasteiger partial charge < -0.3 is 0 Å². The zero-order valence-electron chi connectivity index (χ0n) is 10.4. The van der Waals surface area contributed by atoms with Crippen molar-refractivity contribution in [3.63, 3.8) is 0 Å². The molecule has 1 atom stereocenters. The van der Waals surface area contributed by atoms with E-state index in [0.29, 0.717) is 18.1 Å². The molecular formula is C16H17NO. The Bertz CT molecular complexity index is 571. The highest BCUT2D eigenvalue weighted by Gasteiger charge is 2.21. The molecule has 1 aliphatic rings.